The van der Waals surface area contributed by atoms with Crippen LogP contribution in [0.15, 0.2) is 30.4 Å². The van der Waals surface area contributed by atoms with Crippen molar-refractivity contribution in [1.29, 1.82) is 0 Å². The van der Waals surface area contributed by atoms with Crippen molar-refractivity contribution in [3.8, 4) is 0 Å². The van der Waals surface area contributed by atoms with Crippen LogP contribution in [0.25, 0.3) is 12.2 Å². The third-order valence-corrected chi connectivity index (χ3v) is 2.23. The molecule has 12 heavy (non-hydrogen) atoms. The summed E-state index contributed by atoms with van der Waals surface area (Å²) in [6.45, 7) is 2.16. The van der Waals surface area contributed by atoms with E-state index in [1.165, 1.54) is 16.0 Å². The van der Waals surface area contributed by atoms with Crippen LogP contribution in [0.5, 0.6) is 0 Å². The van der Waals surface area contributed by atoms with E-state index < -0.39 is 0 Å². The number of fused-ring (bicyclic) bond motifs is 1. The van der Waals surface area contributed by atoms with Gasteiger partial charge in [0, 0.05) is 0 Å². The van der Waals surface area contributed by atoms with Crippen molar-refractivity contribution in [3.05, 3.63) is 46.4 Å². The Morgan fingerprint density at radius 2 is 2.17 bits per heavy atom. The number of hydrogen-bond donors (Lipinski definition) is 0. The Kier molecular flexibility index (Phi) is 1.83. The van der Waals surface area contributed by atoms with Gasteiger partial charge in [-0.05, 0) is 29.3 Å². The second kappa shape index (κ2) is 2.98. The lowest BCUT2D eigenvalue weighted by atomic mass is 10.1. The van der Waals surface area contributed by atoms with Crippen LogP contribution in [0.2, 0.25) is 0 Å². The molecule has 1 aromatic rings. The summed E-state index contributed by atoms with van der Waals surface area (Å²) in [7, 11) is 0. The van der Waals surface area contributed by atoms with Crippen molar-refractivity contribution >= 4 is 12.2 Å². The Hall–Kier alpha value is -1.30. The van der Waals surface area contributed by atoms with Crippen LogP contribution in [0, 0.1) is 6.92 Å². The van der Waals surface area contributed by atoms with E-state index in [9.17, 15) is 0 Å². The van der Waals surface area contributed by atoms with Gasteiger partial charge in [0.2, 0.25) is 0 Å². The minimum atomic E-state index is 1.05. The smallest absolute Gasteiger partial charge is 0.0157 e. The molecule has 0 fully saturated rings. The van der Waals surface area contributed by atoms with E-state index in [-0.39, 0.29) is 0 Å². The van der Waals surface area contributed by atoms with E-state index in [0.717, 1.165) is 6.42 Å². The molecule has 0 bridgehead atoms. The standard InChI is InChI=1S/C12H12/c1-10-6-5-8-11-7-3-2-4-9-12(10)11/h2,4-9H,3H2,1H3. The Labute approximate surface area is 72.5 Å². The van der Waals surface area contributed by atoms with Crippen molar-refractivity contribution in [1.82, 2.24) is 0 Å². The van der Waals surface area contributed by atoms with Crippen molar-refractivity contribution in [2.75, 3.05) is 0 Å². The summed E-state index contributed by atoms with van der Waals surface area (Å²) in [6.07, 6.45) is 9.82. The zero-order valence-corrected chi connectivity index (χ0v) is 7.25. The highest BCUT2D eigenvalue weighted by Gasteiger charge is 1.90. The Bertz CT molecular complexity index is 422. The lowest BCUT2D eigenvalue weighted by molar-refractivity contribution is 1.36. The molecule has 0 heteroatoms. The molecular weight excluding hydrogens is 144 g/mol. The molecular formula is C12H12. The first-order valence-corrected chi connectivity index (χ1v) is 4.30. The molecule has 1 aliphatic carbocycles. The van der Waals surface area contributed by atoms with Gasteiger partial charge in [-0.15, -0.1) is 0 Å². The first kappa shape index (κ1) is 7.35. The van der Waals surface area contributed by atoms with E-state index in [0.29, 0.717) is 0 Å². The van der Waals surface area contributed by atoms with Gasteiger partial charge in [-0.25, -0.2) is 0 Å². The van der Waals surface area contributed by atoms with Crippen LogP contribution < -0.4 is 10.4 Å². The molecule has 0 heterocycles. The fourth-order valence-corrected chi connectivity index (χ4v) is 1.55. The molecule has 2 rings (SSSR count). The molecule has 0 saturated heterocycles. The predicted molar refractivity (Wildman–Crippen MR) is 53.1 cm³/mol. The molecule has 0 amide bonds. The number of benzene rings is 1. The van der Waals surface area contributed by atoms with Gasteiger partial charge in [-0.2, -0.15) is 0 Å². The SMILES string of the molecule is Cc1cccc2c1=CC=CCC=2. The highest BCUT2D eigenvalue weighted by atomic mass is 14.0. The fraction of sp³-hybridized carbons (Fsp3) is 0.167. The quantitative estimate of drug-likeness (QED) is 0.534. The predicted octanol–water partition coefficient (Wildman–Crippen LogP) is 1.52. The lowest BCUT2D eigenvalue weighted by Crippen LogP contribution is -2.25. The normalized spacial score (nSPS) is 14.1. The van der Waals surface area contributed by atoms with Crippen LogP contribution in [-0.2, 0) is 0 Å². The van der Waals surface area contributed by atoms with E-state index in [1.807, 2.05) is 0 Å². The topological polar surface area (TPSA) is 0 Å². The van der Waals surface area contributed by atoms with E-state index in [1.54, 1.807) is 0 Å². The molecule has 0 nitrogen and oxygen atoms in total. The molecule has 0 aliphatic heterocycles. The number of aryl methyl sites for hydroxylation is 1. The van der Waals surface area contributed by atoms with Gasteiger partial charge in [0.25, 0.3) is 0 Å². The molecule has 0 aromatic heterocycles. The molecule has 0 unspecified atom stereocenters. The second-order valence-corrected chi connectivity index (χ2v) is 3.11. The number of allylic oxidation sites excluding steroid dienone is 2. The van der Waals surface area contributed by atoms with Crippen LogP contribution >= 0.6 is 0 Å². The van der Waals surface area contributed by atoms with Gasteiger partial charge in [0.05, 0.1) is 0 Å². The minimum Gasteiger partial charge on any atom is -0.0807 e. The van der Waals surface area contributed by atoms with Gasteiger partial charge in [0.15, 0.2) is 0 Å². The third kappa shape index (κ3) is 1.20. The summed E-state index contributed by atoms with van der Waals surface area (Å²) >= 11 is 0. The summed E-state index contributed by atoms with van der Waals surface area (Å²) in [6, 6.07) is 6.44. The largest absolute Gasteiger partial charge is 0.0807 e. The summed E-state index contributed by atoms with van der Waals surface area (Å²) < 4.78 is 0. The van der Waals surface area contributed by atoms with Crippen LogP contribution in [0.1, 0.15) is 12.0 Å². The minimum absolute atomic E-state index is 1.05. The van der Waals surface area contributed by atoms with E-state index in [4.69, 9.17) is 0 Å². The summed E-state index contributed by atoms with van der Waals surface area (Å²) in [4.78, 5) is 0. The Morgan fingerprint density at radius 3 is 3.08 bits per heavy atom. The Balaban J connectivity index is 2.87. The number of rotatable bonds is 0. The molecule has 1 aromatic carbocycles. The van der Waals surface area contributed by atoms with Crippen molar-refractivity contribution in [2.24, 2.45) is 0 Å². The highest BCUT2D eigenvalue weighted by Crippen LogP contribution is 1.91. The molecule has 0 atom stereocenters. The molecule has 1 aliphatic rings. The van der Waals surface area contributed by atoms with E-state index in [2.05, 4.69) is 49.4 Å². The summed E-state index contributed by atoms with van der Waals surface area (Å²) in [5, 5.41) is 2.73. The zero-order chi connectivity index (χ0) is 8.39. The monoisotopic (exact) mass is 156 g/mol. The maximum absolute atomic E-state index is 2.27. The second-order valence-electron chi connectivity index (χ2n) is 3.11. The summed E-state index contributed by atoms with van der Waals surface area (Å²) in [5.74, 6) is 0. The average Bonchev–Trinajstić information content (AvgIpc) is 2.30. The molecule has 60 valence electrons. The number of hydrogen-bond acceptors (Lipinski definition) is 0. The molecule has 0 spiro atoms. The summed E-state index contributed by atoms with van der Waals surface area (Å²) in [5.41, 5.74) is 1.36. The average molecular weight is 156 g/mol. The van der Waals surface area contributed by atoms with Crippen molar-refractivity contribution in [2.45, 2.75) is 13.3 Å². The zero-order valence-electron chi connectivity index (χ0n) is 7.25. The maximum atomic E-state index is 2.27. The van der Waals surface area contributed by atoms with Gasteiger partial charge in [-0.1, -0.05) is 42.5 Å². The van der Waals surface area contributed by atoms with Crippen LogP contribution in [0.3, 0.4) is 0 Å². The van der Waals surface area contributed by atoms with Crippen molar-refractivity contribution < 1.29 is 0 Å². The fourth-order valence-electron chi connectivity index (χ4n) is 1.55. The molecule has 0 saturated carbocycles. The molecule has 0 radical (unpaired) electrons. The van der Waals surface area contributed by atoms with Crippen LogP contribution in [0.4, 0.5) is 0 Å². The van der Waals surface area contributed by atoms with Gasteiger partial charge >= 0.3 is 0 Å². The third-order valence-electron chi connectivity index (χ3n) is 2.23. The van der Waals surface area contributed by atoms with E-state index >= 15 is 0 Å². The maximum Gasteiger partial charge on any atom is -0.0157 e. The van der Waals surface area contributed by atoms with Gasteiger partial charge < -0.3 is 0 Å². The van der Waals surface area contributed by atoms with Gasteiger partial charge in [-0.3, -0.25) is 0 Å². The lowest BCUT2D eigenvalue weighted by Gasteiger charge is -1.93. The van der Waals surface area contributed by atoms with Crippen LogP contribution in [-0.4, -0.2) is 0 Å². The molecule has 0 N–H and O–H groups in total. The first-order chi connectivity index (χ1) is 5.88. The highest BCUT2D eigenvalue weighted by molar-refractivity contribution is 5.46. The Morgan fingerprint density at radius 1 is 1.25 bits per heavy atom. The van der Waals surface area contributed by atoms with Crippen molar-refractivity contribution in [3.63, 3.8) is 0 Å². The van der Waals surface area contributed by atoms with Gasteiger partial charge in [0.1, 0.15) is 0 Å². The first-order valence-electron chi connectivity index (χ1n) is 4.30.